The van der Waals surface area contributed by atoms with Gasteiger partial charge in [-0.15, -0.1) is 0 Å². The molecule has 0 aliphatic rings. The molecule has 4 heteroatoms. The summed E-state index contributed by atoms with van der Waals surface area (Å²) in [6.07, 6.45) is 1.03. The molecule has 3 rings (SSSR count). The Kier molecular flexibility index (Phi) is 5.97. The van der Waals surface area contributed by atoms with E-state index in [1.54, 1.807) is 18.1 Å². The molecular formula is C23H25NO3. The third-order valence-electron chi connectivity index (χ3n) is 4.66. The zero-order valence-corrected chi connectivity index (χ0v) is 16.0. The average molecular weight is 363 g/mol. The number of ether oxygens (including phenoxy) is 1. The quantitative estimate of drug-likeness (QED) is 0.600. The van der Waals surface area contributed by atoms with Gasteiger partial charge >= 0.3 is 0 Å². The first-order valence-electron chi connectivity index (χ1n) is 9.12. The Hall–Kier alpha value is -3.01. The fourth-order valence-corrected chi connectivity index (χ4v) is 2.96. The van der Waals surface area contributed by atoms with Gasteiger partial charge in [0.1, 0.15) is 11.5 Å². The lowest BCUT2D eigenvalue weighted by Crippen LogP contribution is -2.39. The van der Waals surface area contributed by atoms with Crippen molar-refractivity contribution in [1.29, 1.82) is 0 Å². The van der Waals surface area contributed by atoms with Gasteiger partial charge in [-0.1, -0.05) is 42.5 Å². The zero-order chi connectivity index (χ0) is 19.2. The fourth-order valence-electron chi connectivity index (χ4n) is 2.96. The molecule has 27 heavy (non-hydrogen) atoms. The Morgan fingerprint density at radius 1 is 1.00 bits per heavy atom. The molecule has 2 aromatic carbocycles. The predicted octanol–water partition coefficient (Wildman–Crippen LogP) is 4.89. The maximum Gasteiger partial charge on any atom is 0.264 e. The molecule has 0 saturated heterocycles. The molecule has 140 valence electrons. The molecule has 3 aromatic rings. The molecule has 1 amide bonds. The summed E-state index contributed by atoms with van der Waals surface area (Å²) in [5.41, 5.74) is 3.26. The second-order valence-electron chi connectivity index (χ2n) is 6.72. The van der Waals surface area contributed by atoms with E-state index in [-0.39, 0.29) is 5.91 Å². The number of hydrogen-bond donors (Lipinski definition) is 0. The summed E-state index contributed by atoms with van der Waals surface area (Å²) < 4.78 is 11.5. The third-order valence-corrected chi connectivity index (χ3v) is 4.66. The maximum absolute atomic E-state index is 13.1. The van der Waals surface area contributed by atoms with Gasteiger partial charge in [-0.05, 0) is 55.7 Å². The molecule has 1 unspecified atom stereocenters. The molecule has 0 bridgehead atoms. The van der Waals surface area contributed by atoms with Crippen molar-refractivity contribution in [3.63, 3.8) is 0 Å². The van der Waals surface area contributed by atoms with E-state index < -0.39 is 6.10 Å². The fraction of sp³-hybridized carbons (Fsp3) is 0.261. The summed E-state index contributed by atoms with van der Waals surface area (Å²) in [5.74, 6) is 1.42. The second kappa shape index (κ2) is 8.58. The number of nitrogens with zero attached hydrogens (tertiary/aromatic N) is 1. The number of rotatable bonds is 7. The number of amides is 1. The predicted molar refractivity (Wildman–Crippen MR) is 105 cm³/mol. The number of furan rings is 1. The Morgan fingerprint density at radius 3 is 2.48 bits per heavy atom. The number of aryl methyl sites for hydroxylation is 1. The van der Waals surface area contributed by atoms with E-state index in [9.17, 15) is 4.79 Å². The number of carbonyl (C=O) groups is 1. The lowest BCUT2D eigenvalue weighted by molar-refractivity contribution is -0.139. The molecule has 0 aliphatic carbocycles. The summed E-state index contributed by atoms with van der Waals surface area (Å²) in [4.78, 5) is 14.9. The van der Waals surface area contributed by atoms with Gasteiger partial charge in [0, 0.05) is 6.54 Å². The van der Waals surface area contributed by atoms with Gasteiger partial charge in [0.2, 0.25) is 0 Å². The van der Waals surface area contributed by atoms with Crippen LogP contribution in [0, 0.1) is 13.8 Å². The van der Waals surface area contributed by atoms with Crippen LogP contribution in [0.5, 0.6) is 5.75 Å². The van der Waals surface area contributed by atoms with Crippen LogP contribution in [-0.2, 0) is 17.9 Å². The first-order chi connectivity index (χ1) is 13.0. The SMILES string of the molecule is Cc1cccc(OC(C)C(=O)N(Cc2ccccc2)Cc2ccco2)c1C. The molecule has 0 aliphatic heterocycles. The molecule has 1 aromatic heterocycles. The molecular weight excluding hydrogens is 338 g/mol. The molecule has 0 radical (unpaired) electrons. The zero-order valence-electron chi connectivity index (χ0n) is 16.0. The van der Waals surface area contributed by atoms with Crippen molar-refractivity contribution in [3.8, 4) is 5.75 Å². The van der Waals surface area contributed by atoms with Gasteiger partial charge in [0.15, 0.2) is 6.10 Å². The standard InChI is InChI=1S/C23H25NO3/c1-17-9-7-13-22(18(17)2)27-19(3)23(25)24(16-21-12-8-14-26-21)15-20-10-5-4-6-11-20/h4-14,19H,15-16H2,1-3H3. The number of hydrogen-bond acceptors (Lipinski definition) is 3. The smallest absolute Gasteiger partial charge is 0.264 e. The van der Waals surface area contributed by atoms with Crippen molar-refractivity contribution in [2.45, 2.75) is 40.0 Å². The maximum atomic E-state index is 13.1. The summed E-state index contributed by atoms with van der Waals surface area (Å²) in [7, 11) is 0. The van der Waals surface area contributed by atoms with Crippen LogP contribution in [0.25, 0.3) is 0 Å². The second-order valence-corrected chi connectivity index (χ2v) is 6.72. The summed E-state index contributed by atoms with van der Waals surface area (Å²) in [5, 5.41) is 0. The van der Waals surface area contributed by atoms with Gasteiger partial charge < -0.3 is 14.1 Å². The Bertz CT molecular complexity index is 872. The van der Waals surface area contributed by atoms with Gasteiger partial charge in [-0.2, -0.15) is 0 Å². The molecule has 0 N–H and O–H groups in total. The van der Waals surface area contributed by atoms with Crippen molar-refractivity contribution in [2.24, 2.45) is 0 Å². The summed E-state index contributed by atoms with van der Waals surface area (Å²) >= 11 is 0. The molecule has 4 nitrogen and oxygen atoms in total. The minimum Gasteiger partial charge on any atom is -0.481 e. The monoisotopic (exact) mass is 363 g/mol. The molecule has 0 spiro atoms. The Labute approximate surface area is 160 Å². The normalized spacial score (nSPS) is 11.8. The first kappa shape index (κ1) is 18.8. The minimum atomic E-state index is -0.593. The van der Waals surface area contributed by atoms with Crippen molar-refractivity contribution >= 4 is 5.91 Å². The van der Waals surface area contributed by atoms with E-state index in [0.29, 0.717) is 13.1 Å². The van der Waals surface area contributed by atoms with E-state index in [1.165, 1.54) is 0 Å². The topological polar surface area (TPSA) is 42.7 Å². The van der Waals surface area contributed by atoms with Crippen LogP contribution in [0.2, 0.25) is 0 Å². The Balaban J connectivity index is 1.77. The van der Waals surface area contributed by atoms with E-state index >= 15 is 0 Å². The van der Waals surface area contributed by atoms with E-state index in [4.69, 9.17) is 9.15 Å². The van der Waals surface area contributed by atoms with Gasteiger partial charge in [-0.25, -0.2) is 0 Å². The van der Waals surface area contributed by atoms with Crippen LogP contribution >= 0.6 is 0 Å². The average Bonchev–Trinajstić information content (AvgIpc) is 3.18. The molecule has 0 fully saturated rings. The number of carbonyl (C=O) groups excluding carboxylic acids is 1. The van der Waals surface area contributed by atoms with Gasteiger partial charge in [-0.3, -0.25) is 4.79 Å². The van der Waals surface area contributed by atoms with Crippen molar-refractivity contribution < 1.29 is 13.9 Å². The van der Waals surface area contributed by atoms with Crippen molar-refractivity contribution in [1.82, 2.24) is 4.90 Å². The highest BCUT2D eigenvalue weighted by atomic mass is 16.5. The van der Waals surface area contributed by atoms with Crippen LogP contribution in [-0.4, -0.2) is 16.9 Å². The van der Waals surface area contributed by atoms with Gasteiger partial charge in [0.25, 0.3) is 5.91 Å². The van der Waals surface area contributed by atoms with Gasteiger partial charge in [0.05, 0.1) is 12.8 Å². The third kappa shape index (κ3) is 4.79. The molecule has 1 atom stereocenters. The number of benzene rings is 2. The van der Waals surface area contributed by atoms with Crippen molar-refractivity contribution in [2.75, 3.05) is 0 Å². The molecule has 0 saturated carbocycles. The van der Waals surface area contributed by atoms with E-state index in [0.717, 1.165) is 28.2 Å². The lowest BCUT2D eigenvalue weighted by Gasteiger charge is -2.26. The minimum absolute atomic E-state index is 0.0730. The van der Waals surface area contributed by atoms with Crippen LogP contribution in [0.1, 0.15) is 29.4 Å². The van der Waals surface area contributed by atoms with Crippen LogP contribution in [0.3, 0.4) is 0 Å². The molecule has 1 heterocycles. The van der Waals surface area contributed by atoms with Crippen molar-refractivity contribution in [3.05, 3.63) is 89.4 Å². The highest BCUT2D eigenvalue weighted by molar-refractivity contribution is 5.81. The van der Waals surface area contributed by atoms with Crippen LogP contribution < -0.4 is 4.74 Å². The van der Waals surface area contributed by atoms with Crippen LogP contribution in [0.15, 0.2) is 71.3 Å². The van der Waals surface area contributed by atoms with Crippen LogP contribution in [0.4, 0.5) is 0 Å². The summed E-state index contributed by atoms with van der Waals surface area (Å²) in [6.45, 7) is 6.74. The summed E-state index contributed by atoms with van der Waals surface area (Å²) in [6, 6.07) is 19.5. The highest BCUT2D eigenvalue weighted by Gasteiger charge is 2.24. The lowest BCUT2D eigenvalue weighted by atomic mass is 10.1. The van der Waals surface area contributed by atoms with E-state index in [1.807, 2.05) is 74.5 Å². The van der Waals surface area contributed by atoms with E-state index in [2.05, 4.69) is 0 Å². The first-order valence-corrected chi connectivity index (χ1v) is 9.12. The Morgan fingerprint density at radius 2 is 1.78 bits per heavy atom. The highest BCUT2D eigenvalue weighted by Crippen LogP contribution is 2.23. The largest absolute Gasteiger partial charge is 0.481 e.